The molecule has 0 heterocycles. The molecule has 0 aromatic heterocycles. The molecule has 0 aromatic carbocycles. The van der Waals surface area contributed by atoms with E-state index in [0.717, 1.165) is 0 Å². The Morgan fingerprint density at radius 2 is 2.30 bits per heavy atom. The molecule has 0 radical (unpaired) electrons. The molecule has 6 heteroatoms. The number of nitrogens with zero attached hydrogens (tertiary/aromatic N) is 1. The van der Waals surface area contributed by atoms with Crippen molar-refractivity contribution in [2.45, 2.75) is 31.9 Å². The lowest BCUT2D eigenvalue weighted by atomic mass is 9.92. The third-order valence-corrected chi connectivity index (χ3v) is 4.00. The quantitative estimate of drug-likeness (QED) is 0.633. The predicted octanol–water partition coefficient (Wildman–Crippen LogP) is 1.88. The second kappa shape index (κ2) is 4.97. The monoisotopic (exact) mass is 284 g/mol. The van der Waals surface area contributed by atoms with Crippen molar-refractivity contribution < 1.29 is 18.0 Å². The van der Waals surface area contributed by atoms with Crippen LogP contribution in [0.5, 0.6) is 0 Å². The number of ketones is 1. The van der Waals surface area contributed by atoms with E-state index in [1.54, 1.807) is 6.92 Å². The molecule has 0 aromatic rings. The normalized spacial score (nSPS) is 35.9. The number of nitrogens with two attached hydrogens (primary N) is 1. The number of Topliss-reactive ketones (excluding diaryl/α,β-unsaturated/α-hetero) is 1. The highest BCUT2D eigenvalue weighted by atomic mass is 19.3. The van der Waals surface area contributed by atoms with Gasteiger partial charge in [0.25, 0.3) is 6.43 Å². The molecular weight excluding hydrogens is 269 g/mol. The van der Waals surface area contributed by atoms with Gasteiger partial charge in [-0.25, -0.2) is 13.2 Å². The van der Waals surface area contributed by atoms with Crippen LogP contribution in [-0.2, 0) is 4.79 Å². The molecule has 3 atom stereocenters. The molecule has 2 rings (SSSR count). The lowest BCUT2D eigenvalue weighted by Crippen LogP contribution is -2.34. The summed E-state index contributed by atoms with van der Waals surface area (Å²) in [5.74, 6) is 0.568. The minimum atomic E-state index is -2.86. The number of alkyl halides is 3. The SMILES string of the molecule is C#CC(=O)CN=C1/C(=C(\N)C(F)F)C2CC2C1(F)CC. The molecule has 3 unspecified atom stereocenters. The number of carbonyl (C=O) groups excluding carboxylic acids is 1. The minimum Gasteiger partial charge on any atom is -0.397 e. The minimum absolute atomic E-state index is 0.0826. The largest absolute Gasteiger partial charge is 0.397 e. The molecule has 108 valence electrons. The predicted molar refractivity (Wildman–Crippen MR) is 69.1 cm³/mol. The van der Waals surface area contributed by atoms with Gasteiger partial charge in [-0.15, -0.1) is 6.42 Å². The smallest absolute Gasteiger partial charge is 0.278 e. The standard InChI is InChI=1S/C14H15F3N2O/c1-3-7(20)6-19-12-10(11(18)13(15)16)8-5-9(8)14(12,17)4-2/h1,8-9,13H,4-6,18H2,2H3/b11-10-,19-12?. The van der Waals surface area contributed by atoms with Gasteiger partial charge in [-0.2, -0.15) is 0 Å². The molecule has 2 aliphatic rings. The summed E-state index contributed by atoms with van der Waals surface area (Å²) in [6.07, 6.45) is 2.66. The van der Waals surface area contributed by atoms with Crippen molar-refractivity contribution in [1.29, 1.82) is 0 Å². The summed E-state index contributed by atoms with van der Waals surface area (Å²) >= 11 is 0. The van der Waals surface area contributed by atoms with E-state index in [1.807, 2.05) is 5.92 Å². The highest BCUT2D eigenvalue weighted by Crippen LogP contribution is 2.62. The molecule has 2 saturated carbocycles. The Labute approximate surface area is 115 Å². The van der Waals surface area contributed by atoms with Gasteiger partial charge in [0.05, 0.1) is 11.4 Å². The molecule has 2 N–H and O–H groups in total. The topological polar surface area (TPSA) is 55.5 Å². The number of hydrogen-bond donors (Lipinski definition) is 1. The van der Waals surface area contributed by atoms with E-state index in [9.17, 15) is 18.0 Å². The second-order valence-corrected chi connectivity index (χ2v) is 5.07. The lowest BCUT2D eigenvalue weighted by molar-refractivity contribution is -0.112. The number of halogens is 3. The van der Waals surface area contributed by atoms with Crippen LogP contribution in [0.2, 0.25) is 0 Å². The average Bonchev–Trinajstić information content (AvgIpc) is 3.17. The molecular formula is C14H15F3N2O. The van der Waals surface area contributed by atoms with Crippen molar-refractivity contribution in [3.05, 3.63) is 11.3 Å². The Kier molecular flexibility index (Phi) is 3.63. The number of carbonyl (C=O) groups is 1. The van der Waals surface area contributed by atoms with Gasteiger partial charge in [-0.1, -0.05) is 6.92 Å². The molecule has 0 bridgehead atoms. The van der Waals surface area contributed by atoms with Gasteiger partial charge in [0.15, 0.2) is 5.67 Å². The molecule has 0 amide bonds. The number of hydrogen-bond acceptors (Lipinski definition) is 3. The fraction of sp³-hybridized carbons (Fsp3) is 0.571. The van der Waals surface area contributed by atoms with Crippen LogP contribution in [0.15, 0.2) is 16.3 Å². The fourth-order valence-corrected chi connectivity index (χ4v) is 2.91. The first-order chi connectivity index (χ1) is 9.36. The molecule has 0 spiro atoms. The van der Waals surface area contributed by atoms with Crippen LogP contribution in [0.1, 0.15) is 19.8 Å². The first kappa shape index (κ1) is 14.6. The van der Waals surface area contributed by atoms with Crippen molar-refractivity contribution in [2.24, 2.45) is 22.6 Å². The maximum Gasteiger partial charge on any atom is 0.278 e. The highest BCUT2D eigenvalue weighted by molar-refractivity contribution is 6.12. The first-order valence-electron chi connectivity index (χ1n) is 6.38. The maximum atomic E-state index is 14.9. The number of aliphatic imine (C=N–C) groups is 1. The van der Waals surface area contributed by atoms with Crippen LogP contribution in [0.4, 0.5) is 13.2 Å². The Hall–Kier alpha value is -1.77. The van der Waals surface area contributed by atoms with Crippen LogP contribution < -0.4 is 5.73 Å². The summed E-state index contributed by atoms with van der Waals surface area (Å²) in [5.41, 5.74) is 2.95. The molecule has 20 heavy (non-hydrogen) atoms. The molecule has 0 saturated heterocycles. The van der Waals surface area contributed by atoms with Gasteiger partial charge < -0.3 is 5.73 Å². The van der Waals surface area contributed by atoms with E-state index in [4.69, 9.17) is 12.2 Å². The summed E-state index contributed by atoms with van der Waals surface area (Å²) in [6, 6.07) is 0. The Bertz CT molecular complexity index is 547. The van der Waals surface area contributed by atoms with Crippen LogP contribution in [-0.4, -0.2) is 30.1 Å². The van der Waals surface area contributed by atoms with Crippen molar-refractivity contribution in [3.63, 3.8) is 0 Å². The van der Waals surface area contributed by atoms with Crippen molar-refractivity contribution >= 4 is 11.5 Å². The zero-order valence-electron chi connectivity index (χ0n) is 11.0. The highest BCUT2D eigenvalue weighted by Gasteiger charge is 2.65. The summed E-state index contributed by atoms with van der Waals surface area (Å²) in [5, 5.41) is 0. The van der Waals surface area contributed by atoms with E-state index >= 15 is 0 Å². The van der Waals surface area contributed by atoms with Crippen molar-refractivity contribution in [2.75, 3.05) is 6.54 Å². The lowest BCUT2D eigenvalue weighted by Gasteiger charge is -2.22. The first-order valence-corrected chi connectivity index (χ1v) is 6.38. The van der Waals surface area contributed by atoms with Gasteiger partial charge in [0.2, 0.25) is 5.78 Å². The van der Waals surface area contributed by atoms with Crippen LogP contribution in [0.3, 0.4) is 0 Å². The number of terminal acetylenes is 1. The second-order valence-electron chi connectivity index (χ2n) is 5.07. The number of rotatable bonds is 4. The van der Waals surface area contributed by atoms with E-state index in [0.29, 0.717) is 6.42 Å². The van der Waals surface area contributed by atoms with Gasteiger partial charge in [0, 0.05) is 11.5 Å². The van der Waals surface area contributed by atoms with Gasteiger partial charge in [-0.3, -0.25) is 9.79 Å². The maximum absolute atomic E-state index is 14.9. The summed E-state index contributed by atoms with van der Waals surface area (Å²) in [7, 11) is 0. The molecule has 3 nitrogen and oxygen atoms in total. The summed E-state index contributed by atoms with van der Waals surface area (Å²) in [4.78, 5) is 15.0. The Balaban J connectivity index is 2.44. The van der Waals surface area contributed by atoms with Gasteiger partial charge in [0.1, 0.15) is 6.54 Å². The summed E-state index contributed by atoms with van der Waals surface area (Å²) in [6.45, 7) is 1.21. The van der Waals surface area contributed by atoms with E-state index < -0.39 is 30.1 Å². The molecule has 0 aliphatic heterocycles. The van der Waals surface area contributed by atoms with Crippen LogP contribution >= 0.6 is 0 Å². The summed E-state index contributed by atoms with van der Waals surface area (Å²) < 4.78 is 40.6. The van der Waals surface area contributed by atoms with Gasteiger partial charge >= 0.3 is 0 Å². The molecule has 2 fully saturated rings. The van der Waals surface area contributed by atoms with E-state index in [1.165, 1.54) is 0 Å². The third-order valence-electron chi connectivity index (χ3n) is 4.00. The van der Waals surface area contributed by atoms with Crippen LogP contribution in [0, 0.1) is 24.2 Å². The zero-order valence-corrected chi connectivity index (χ0v) is 11.0. The van der Waals surface area contributed by atoms with E-state index in [-0.39, 0.29) is 29.5 Å². The van der Waals surface area contributed by atoms with E-state index in [2.05, 4.69) is 4.99 Å². The number of fused-ring (bicyclic) bond motifs is 1. The number of allylic oxidation sites excluding steroid dienone is 2. The third kappa shape index (κ3) is 2.11. The van der Waals surface area contributed by atoms with Crippen LogP contribution in [0.25, 0.3) is 0 Å². The van der Waals surface area contributed by atoms with Crippen molar-refractivity contribution in [1.82, 2.24) is 0 Å². The Morgan fingerprint density at radius 3 is 2.80 bits per heavy atom. The Morgan fingerprint density at radius 1 is 1.65 bits per heavy atom. The fourth-order valence-electron chi connectivity index (χ4n) is 2.91. The zero-order chi connectivity index (χ0) is 15.1. The van der Waals surface area contributed by atoms with Gasteiger partial charge in [-0.05, 0) is 24.7 Å². The molecule has 2 aliphatic carbocycles. The average molecular weight is 284 g/mol. The van der Waals surface area contributed by atoms with Crippen molar-refractivity contribution in [3.8, 4) is 12.3 Å².